The number of carbonyl (C=O) groups excluding carboxylic acids is 1. The molecule has 0 saturated carbocycles. The first-order chi connectivity index (χ1) is 23.6. The maximum atomic E-state index is 13.1. The molecule has 1 aliphatic heterocycles. The summed E-state index contributed by atoms with van der Waals surface area (Å²) in [5.74, 6) is 1.44. The van der Waals surface area contributed by atoms with Crippen LogP contribution in [0.1, 0.15) is 28.7 Å². The van der Waals surface area contributed by atoms with Crippen LogP contribution in [-0.2, 0) is 24.4 Å². The number of amides is 1. The summed E-state index contributed by atoms with van der Waals surface area (Å²) >= 11 is 6.55. The zero-order valence-electron chi connectivity index (χ0n) is 26.2. The normalized spacial score (nSPS) is 14.6. The molecule has 4 aromatic carbocycles. The minimum Gasteiger partial charge on any atom is -0.489 e. The van der Waals surface area contributed by atoms with Gasteiger partial charge < -0.3 is 24.3 Å². The molecule has 1 saturated heterocycles. The number of anilines is 1. The van der Waals surface area contributed by atoms with Crippen molar-refractivity contribution in [2.24, 2.45) is 0 Å². The molecule has 1 amide bonds. The van der Waals surface area contributed by atoms with E-state index in [9.17, 15) is 10.1 Å². The van der Waals surface area contributed by atoms with E-state index in [4.69, 9.17) is 21.1 Å². The van der Waals surface area contributed by atoms with Crippen molar-refractivity contribution in [3.8, 4) is 11.8 Å². The third-order valence-electron chi connectivity index (χ3n) is 8.66. The molecule has 240 valence electrons. The van der Waals surface area contributed by atoms with Crippen LogP contribution in [0, 0.1) is 11.3 Å². The number of hydrogen-bond donors (Lipinski definition) is 1. The summed E-state index contributed by atoms with van der Waals surface area (Å²) in [7, 11) is 0. The molecule has 1 N–H and O–H groups in total. The maximum absolute atomic E-state index is 13.1. The van der Waals surface area contributed by atoms with Gasteiger partial charge in [-0.15, -0.1) is 0 Å². The summed E-state index contributed by atoms with van der Waals surface area (Å²) in [6.07, 6.45) is 2.27. The molecule has 9 nitrogen and oxygen atoms in total. The molecule has 6 aromatic rings. The highest BCUT2D eigenvalue weighted by atomic mass is 35.5. The van der Waals surface area contributed by atoms with Crippen LogP contribution < -0.4 is 9.64 Å². The minimum absolute atomic E-state index is 0.129. The van der Waals surface area contributed by atoms with Gasteiger partial charge in [0.25, 0.3) is 0 Å². The minimum atomic E-state index is -0.436. The fourth-order valence-corrected chi connectivity index (χ4v) is 6.45. The van der Waals surface area contributed by atoms with Crippen molar-refractivity contribution in [3.05, 3.63) is 131 Å². The molecule has 7 rings (SSSR count). The Morgan fingerprint density at radius 3 is 2.42 bits per heavy atom. The van der Waals surface area contributed by atoms with Crippen molar-refractivity contribution >= 4 is 45.3 Å². The van der Waals surface area contributed by atoms with Crippen LogP contribution in [-0.4, -0.2) is 51.6 Å². The van der Waals surface area contributed by atoms with E-state index in [-0.39, 0.29) is 24.4 Å². The molecule has 1 atom stereocenters. The number of carbonyl (C=O) groups is 1. The molecular weight excluding hydrogens is 624 g/mol. The number of benzene rings is 4. The molecule has 48 heavy (non-hydrogen) atoms. The predicted molar refractivity (Wildman–Crippen MR) is 186 cm³/mol. The number of rotatable bonds is 9. The van der Waals surface area contributed by atoms with Crippen molar-refractivity contribution in [2.75, 3.05) is 24.5 Å². The van der Waals surface area contributed by atoms with Crippen LogP contribution in [0.3, 0.4) is 0 Å². The summed E-state index contributed by atoms with van der Waals surface area (Å²) in [5, 5.41) is 12.0. The third-order valence-corrected chi connectivity index (χ3v) is 8.83. The zero-order chi connectivity index (χ0) is 32.9. The van der Waals surface area contributed by atoms with Crippen LogP contribution >= 0.6 is 11.6 Å². The number of piperazine rings is 1. The van der Waals surface area contributed by atoms with E-state index in [0.29, 0.717) is 38.5 Å². The number of aromatic amines is 1. The lowest BCUT2D eigenvalue weighted by atomic mass is 9.98. The summed E-state index contributed by atoms with van der Waals surface area (Å²) in [6, 6.07) is 33.9. The first-order valence-corrected chi connectivity index (χ1v) is 16.2. The number of halogens is 1. The first-order valence-electron chi connectivity index (χ1n) is 15.9. The lowest BCUT2D eigenvalue weighted by Crippen LogP contribution is -2.55. The number of ether oxygens (including phenoxy) is 2. The van der Waals surface area contributed by atoms with E-state index >= 15 is 0 Å². The fourth-order valence-electron chi connectivity index (χ4n) is 6.28. The second kappa shape index (κ2) is 14.0. The molecule has 0 unspecified atom stereocenters. The Kier molecular flexibility index (Phi) is 9.07. The lowest BCUT2D eigenvalue weighted by molar-refractivity contribution is 0.0768. The topological polar surface area (TPSA) is 107 Å². The van der Waals surface area contributed by atoms with Gasteiger partial charge in [-0.05, 0) is 51.2 Å². The Bertz CT molecular complexity index is 2100. The van der Waals surface area contributed by atoms with Crippen molar-refractivity contribution in [1.29, 1.82) is 5.26 Å². The summed E-state index contributed by atoms with van der Waals surface area (Å²) in [6.45, 7) is 1.91. The molecule has 10 heteroatoms. The largest absolute Gasteiger partial charge is 0.489 e. The molecule has 2 aromatic heterocycles. The quantitative estimate of drug-likeness (QED) is 0.159. The molecule has 1 aliphatic rings. The maximum Gasteiger partial charge on any atom is 0.410 e. The summed E-state index contributed by atoms with van der Waals surface area (Å²) in [5.41, 5.74) is 5.56. The number of nitrogens with one attached hydrogen (secondary N) is 1. The second-order valence-corrected chi connectivity index (χ2v) is 12.1. The summed E-state index contributed by atoms with van der Waals surface area (Å²) < 4.78 is 11.8. The number of nitriles is 1. The van der Waals surface area contributed by atoms with Gasteiger partial charge in [-0.25, -0.2) is 9.78 Å². The number of aromatic nitrogens is 3. The number of nitrogens with zero attached hydrogens (tertiary/aromatic N) is 5. The van der Waals surface area contributed by atoms with Gasteiger partial charge >= 0.3 is 6.09 Å². The van der Waals surface area contributed by atoms with Gasteiger partial charge in [-0.1, -0.05) is 84.9 Å². The van der Waals surface area contributed by atoms with E-state index in [1.54, 1.807) is 4.90 Å². The molecule has 3 heterocycles. The Hall–Kier alpha value is -5.59. The van der Waals surface area contributed by atoms with E-state index < -0.39 is 6.09 Å². The van der Waals surface area contributed by atoms with Gasteiger partial charge in [-0.3, -0.25) is 0 Å². The van der Waals surface area contributed by atoms with E-state index in [1.807, 2.05) is 66.9 Å². The molecular formula is C38H33ClN6O3. The average Bonchev–Trinajstić information content (AvgIpc) is 3.52. The van der Waals surface area contributed by atoms with Crippen LogP contribution in [0.5, 0.6) is 5.75 Å². The van der Waals surface area contributed by atoms with Gasteiger partial charge in [0, 0.05) is 37.8 Å². The highest BCUT2D eigenvalue weighted by Gasteiger charge is 2.33. The van der Waals surface area contributed by atoms with E-state index in [1.165, 1.54) is 0 Å². The fraction of sp³-hybridized carbons (Fsp3) is 0.211. The van der Waals surface area contributed by atoms with Crippen LogP contribution in [0.25, 0.3) is 21.8 Å². The SMILES string of the molecule is N#CC[C@H]1CN(c2nc(Cl)nc3c(Cc4cc(OCc5ccccc5)cc5ccccc45)c[nH]c23)CCN1C(=O)OCc1ccccc1. The van der Waals surface area contributed by atoms with Crippen molar-refractivity contribution in [2.45, 2.75) is 32.1 Å². The molecule has 0 radical (unpaired) electrons. The highest BCUT2D eigenvalue weighted by molar-refractivity contribution is 6.28. The van der Waals surface area contributed by atoms with Crippen LogP contribution in [0.2, 0.25) is 5.28 Å². The average molecular weight is 657 g/mol. The molecule has 0 aliphatic carbocycles. The smallest absolute Gasteiger partial charge is 0.410 e. The second-order valence-electron chi connectivity index (χ2n) is 11.8. The van der Waals surface area contributed by atoms with Crippen LogP contribution in [0.15, 0.2) is 103 Å². The van der Waals surface area contributed by atoms with Crippen molar-refractivity contribution in [1.82, 2.24) is 19.9 Å². The zero-order valence-corrected chi connectivity index (χ0v) is 26.9. The Morgan fingerprint density at radius 2 is 1.65 bits per heavy atom. The number of H-pyrrole nitrogens is 1. The summed E-state index contributed by atoms with van der Waals surface area (Å²) in [4.78, 5) is 29.5. The van der Waals surface area contributed by atoms with Crippen molar-refractivity contribution in [3.63, 3.8) is 0 Å². The highest BCUT2D eigenvalue weighted by Crippen LogP contribution is 2.33. The Morgan fingerprint density at radius 1 is 0.917 bits per heavy atom. The van der Waals surface area contributed by atoms with Gasteiger partial charge in [0.2, 0.25) is 5.28 Å². The van der Waals surface area contributed by atoms with Gasteiger partial charge in [0.15, 0.2) is 5.82 Å². The lowest BCUT2D eigenvalue weighted by Gasteiger charge is -2.40. The van der Waals surface area contributed by atoms with Gasteiger partial charge in [0.05, 0.1) is 24.0 Å². The number of hydrogen-bond acceptors (Lipinski definition) is 7. The molecule has 0 bridgehead atoms. The standard InChI is InChI=1S/C38H33ClN6O3/c39-37-42-34-30(19-29-21-32(20-28-13-7-8-14-33(28)29)47-24-26-9-3-1-4-10-26)22-41-35(34)36(43-37)44-17-18-45(31(23-44)15-16-40)38(46)48-25-27-11-5-2-6-12-27/h1-14,20-22,31,41H,15,17-19,23-25H2/t31-/m0/s1. The number of fused-ring (bicyclic) bond motifs is 2. The predicted octanol–water partition coefficient (Wildman–Crippen LogP) is 7.68. The molecule has 0 spiro atoms. The third kappa shape index (κ3) is 6.75. The monoisotopic (exact) mass is 656 g/mol. The Labute approximate surface area is 283 Å². The van der Waals surface area contributed by atoms with Gasteiger partial charge in [-0.2, -0.15) is 10.2 Å². The van der Waals surface area contributed by atoms with Crippen LogP contribution in [0.4, 0.5) is 10.6 Å². The first kappa shape index (κ1) is 31.0. The molecule has 1 fully saturated rings. The van der Waals surface area contributed by atoms with E-state index in [0.717, 1.165) is 49.8 Å². The van der Waals surface area contributed by atoms with Gasteiger partial charge in [0.1, 0.15) is 24.5 Å². The van der Waals surface area contributed by atoms with Crippen molar-refractivity contribution < 1.29 is 14.3 Å². The Balaban J connectivity index is 1.13. The van der Waals surface area contributed by atoms with E-state index in [2.05, 4.69) is 62.3 Å².